The van der Waals surface area contributed by atoms with E-state index in [-0.39, 0.29) is 22.0 Å². The Morgan fingerprint density at radius 1 is 1.08 bits per heavy atom. The van der Waals surface area contributed by atoms with Crippen molar-refractivity contribution >= 4 is 33.2 Å². The maximum absolute atomic E-state index is 12.7. The summed E-state index contributed by atoms with van der Waals surface area (Å²) in [5.41, 5.74) is -0.157. The van der Waals surface area contributed by atoms with E-state index >= 15 is 0 Å². The summed E-state index contributed by atoms with van der Waals surface area (Å²) >= 11 is 11.8. The van der Waals surface area contributed by atoms with Gasteiger partial charge in [0.05, 0.1) is 10.6 Å². The SMILES string of the molecule is Cc1cc(S(=O)(=O)NCc2cccc(C(F)(F)F)c2)c(Cl)cc1Cl. The van der Waals surface area contributed by atoms with Gasteiger partial charge in [-0.05, 0) is 36.2 Å². The van der Waals surface area contributed by atoms with Gasteiger partial charge in [0.2, 0.25) is 10.0 Å². The quantitative estimate of drug-likeness (QED) is 0.805. The Balaban J connectivity index is 2.24. The molecule has 1 N–H and O–H groups in total. The number of benzene rings is 2. The van der Waals surface area contributed by atoms with Crippen molar-refractivity contribution in [3.8, 4) is 0 Å². The van der Waals surface area contributed by atoms with E-state index in [0.29, 0.717) is 10.6 Å². The maximum atomic E-state index is 12.7. The van der Waals surface area contributed by atoms with Crippen LogP contribution in [0.5, 0.6) is 0 Å². The molecule has 2 aromatic carbocycles. The molecule has 0 bridgehead atoms. The van der Waals surface area contributed by atoms with Crippen LogP contribution in [0.4, 0.5) is 13.2 Å². The predicted octanol–water partition coefficient (Wildman–Crippen LogP) is 4.80. The van der Waals surface area contributed by atoms with Gasteiger partial charge in [-0.15, -0.1) is 0 Å². The molecule has 24 heavy (non-hydrogen) atoms. The molecule has 0 fully saturated rings. The number of nitrogens with one attached hydrogen (secondary N) is 1. The number of hydrogen-bond donors (Lipinski definition) is 1. The van der Waals surface area contributed by atoms with E-state index in [9.17, 15) is 21.6 Å². The van der Waals surface area contributed by atoms with Crippen LogP contribution in [0, 0.1) is 6.92 Å². The summed E-state index contributed by atoms with van der Waals surface area (Å²) in [7, 11) is -4.00. The molecule has 0 aliphatic heterocycles. The minimum atomic E-state index is -4.49. The standard InChI is InChI=1S/C15H12Cl2F3NO2S/c1-9-5-14(13(17)7-12(9)16)24(22,23)21-8-10-3-2-4-11(6-10)15(18,19)20/h2-7,21H,8H2,1H3. The zero-order chi connectivity index (χ0) is 18.1. The summed E-state index contributed by atoms with van der Waals surface area (Å²) in [6.07, 6.45) is -4.49. The molecule has 0 unspecified atom stereocenters. The molecule has 0 saturated carbocycles. The van der Waals surface area contributed by atoms with Crippen LogP contribution < -0.4 is 4.72 Å². The summed E-state index contributed by atoms with van der Waals surface area (Å²) in [5, 5.41) is 0.249. The third-order valence-electron chi connectivity index (χ3n) is 3.22. The Morgan fingerprint density at radius 3 is 2.38 bits per heavy atom. The van der Waals surface area contributed by atoms with Gasteiger partial charge >= 0.3 is 6.18 Å². The van der Waals surface area contributed by atoms with Crippen LogP contribution in [0.25, 0.3) is 0 Å². The van der Waals surface area contributed by atoms with Crippen molar-refractivity contribution in [2.75, 3.05) is 0 Å². The van der Waals surface area contributed by atoms with Gasteiger partial charge in [0.15, 0.2) is 0 Å². The Labute approximate surface area is 147 Å². The van der Waals surface area contributed by atoms with E-state index in [2.05, 4.69) is 4.72 Å². The van der Waals surface area contributed by atoms with Gasteiger partial charge in [0.1, 0.15) is 4.90 Å². The van der Waals surface area contributed by atoms with E-state index in [1.165, 1.54) is 24.3 Å². The molecule has 0 heterocycles. The summed E-state index contributed by atoms with van der Waals surface area (Å²) in [4.78, 5) is -0.182. The van der Waals surface area contributed by atoms with Crippen LogP contribution in [0.15, 0.2) is 41.3 Å². The lowest BCUT2D eigenvalue weighted by Gasteiger charge is -2.12. The highest BCUT2D eigenvalue weighted by Gasteiger charge is 2.30. The van der Waals surface area contributed by atoms with E-state index in [1.54, 1.807) is 6.92 Å². The highest BCUT2D eigenvalue weighted by atomic mass is 35.5. The van der Waals surface area contributed by atoms with Crippen molar-refractivity contribution in [3.63, 3.8) is 0 Å². The summed E-state index contributed by atoms with van der Waals surface area (Å²) in [6.45, 7) is 1.31. The van der Waals surface area contributed by atoms with Gasteiger partial charge in [-0.3, -0.25) is 0 Å². The topological polar surface area (TPSA) is 46.2 Å². The Morgan fingerprint density at radius 2 is 1.75 bits per heavy atom. The first-order valence-electron chi connectivity index (χ1n) is 6.62. The van der Waals surface area contributed by atoms with Crippen LogP contribution in [0.1, 0.15) is 16.7 Å². The normalized spacial score (nSPS) is 12.4. The molecule has 0 atom stereocenters. The van der Waals surface area contributed by atoms with E-state index in [0.717, 1.165) is 12.1 Å². The van der Waals surface area contributed by atoms with Crippen molar-refractivity contribution < 1.29 is 21.6 Å². The Kier molecular flexibility index (Phi) is 5.49. The van der Waals surface area contributed by atoms with Gasteiger partial charge in [0.25, 0.3) is 0 Å². The lowest BCUT2D eigenvalue weighted by molar-refractivity contribution is -0.137. The average Bonchev–Trinajstić information content (AvgIpc) is 2.48. The van der Waals surface area contributed by atoms with Crippen LogP contribution >= 0.6 is 23.2 Å². The van der Waals surface area contributed by atoms with Crippen molar-refractivity contribution in [1.82, 2.24) is 4.72 Å². The molecule has 0 saturated heterocycles. The second-order valence-corrected chi connectivity index (χ2v) is 7.60. The molecule has 3 nitrogen and oxygen atoms in total. The molecular formula is C15H12Cl2F3NO2S. The monoisotopic (exact) mass is 397 g/mol. The first kappa shape index (κ1) is 19.1. The van der Waals surface area contributed by atoms with Crippen molar-refractivity contribution in [2.45, 2.75) is 24.5 Å². The number of halogens is 5. The fourth-order valence-corrected chi connectivity index (χ4v) is 3.80. The first-order valence-corrected chi connectivity index (χ1v) is 8.86. The van der Waals surface area contributed by atoms with Crippen molar-refractivity contribution in [2.24, 2.45) is 0 Å². The molecule has 0 radical (unpaired) electrons. The molecule has 2 aromatic rings. The highest BCUT2D eigenvalue weighted by Crippen LogP contribution is 2.30. The van der Waals surface area contributed by atoms with Crippen LogP contribution in [-0.2, 0) is 22.7 Å². The predicted molar refractivity (Wildman–Crippen MR) is 86.7 cm³/mol. The third kappa shape index (κ3) is 4.42. The molecule has 130 valence electrons. The molecule has 0 amide bonds. The van der Waals surface area contributed by atoms with Crippen LogP contribution in [0.2, 0.25) is 10.0 Å². The molecule has 0 aromatic heterocycles. The first-order chi connectivity index (χ1) is 11.0. The molecular weight excluding hydrogens is 386 g/mol. The molecule has 0 aliphatic carbocycles. The van der Waals surface area contributed by atoms with E-state index < -0.39 is 21.8 Å². The van der Waals surface area contributed by atoms with Crippen LogP contribution in [0.3, 0.4) is 0 Å². The minimum Gasteiger partial charge on any atom is -0.207 e. The third-order valence-corrected chi connectivity index (χ3v) is 5.50. The molecule has 2 rings (SSSR count). The number of sulfonamides is 1. The minimum absolute atomic E-state index is 0.0675. The van der Waals surface area contributed by atoms with E-state index in [1.807, 2.05) is 0 Å². The number of alkyl halides is 3. The average molecular weight is 398 g/mol. The molecule has 9 heteroatoms. The largest absolute Gasteiger partial charge is 0.416 e. The second kappa shape index (κ2) is 6.92. The van der Waals surface area contributed by atoms with E-state index in [4.69, 9.17) is 23.2 Å². The molecule has 0 spiro atoms. The van der Waals surface area contributed by atoms with Crippen molar-refractivity contribution in [1.29, 1.82) is 0 Å². The van der Waals surface area contributed by atoms with Crippen LogP contribution in [-0.4, -0.2) is 8.42 Å². The zero-order valence-electron chi connectivity index (χ0n) is 12.3. The Hall–Kier alpha value is -1.28. The lowest BCUT2D eigenvalue weighted by Crippen LogP contribution is -2.24. The van der Waals surface area contributed by atoms with Gasteiger partial charge < -0.3 is 0 Å². The number of hydrogen-bond acceptors (Lipinski definition) is 2. The van der Waals surface area contributed by atoms with Gasteiger partial charge in [0, 0.05) is 11.6 Å². The summed E-state index contributed by atoms with van der Waals surface area (Å²) < 4.78 is 64.9. The fourth-order valence-electron chi connectivity index (χ4n) is 1.95. The molecule has 0 aliphatic rings. The number of rotatable bonds is 4. The smallest absolute Gasteiger partial charge is 0.207 e. The Bertz CT molecular complexity index is 868. The highest BCUT2D eigenvalue weighted by molar-refractivity contribution is 7.89. The fraction of sp³-hybridized carbons (Fsp3) is 0.200. The summed E-state index contributed by atoms with van der Waals surface area (Å²) in [5.74, 6) is 0. The van der Waals surface area contributed by atoms with Gasteiger partial charge in [-0.2, -0.15) is 13.2 Å². The number of aryl methyl sites for hydroxylation is 1. The lowest BCUT2D eigenvalue weighted by atomic mass is 10.1. The maximum Gasteiger partial charge on any atom is 0.416 e. The van der Waals surface area contributed by atoms with Crippen molar-refractivity contribution in [3.05, 3.63) is 63.1 Å². The van der Waals surface area contributed by atoms with Gasteiger partial charge in [-0.25, -0.2) is 13.1 Å². The van der Waals surface area contributed by atoms with Gasteiger partial charge in [-0.1, -0.05) is 41.4 Å². The zero-order valence-corrected chi connectivity index (χ0v) is 14.6. The second-order valence-electron chi connectivity index (χ2n) is 5.05. The summed E-state index contributed by atoms with van der Waals surface area (Å²) in [6, 6.07) is 7.02.